The van der Waals surface area contributed by atoms with Gasteiger partial charge < -0.3 is 40.5 Å². The Labute approximate surface area is 440 Å². The molecule has 21 nitrogen and oxygen atoms in total. The number of nitrogens with one attached hydrogen (secondary N) is 4. The van der Waals surface area contributed by atoms with Crippen LogP contribution in [-0.4, -0.2) is 134 Å². The fraction of sp³-hybridized carbons (Fsp3) is 0.509. The number of carbonyl (C=O) groups excluding carboxylic acids is 2. The van der Waals surface area contributed by atoms with Gasteiger partial charge in [-0.1, -0.05) is 12.5 Å². The molecule has 404 valence electrons. The van der Waals surface area contributed by atoms with Gasteiger partial charge in [-0.05, 0) is 101 Å². The zero-order chi connectivity index (χ0) is 52.9. The zero-order valence-corrected chi connectivity index (χ0v) is 44.1. The van der Waals surface area contributed by atoms with E-state index in [2.05, 4.69) is 57.2 Å². The molecule has 23 heteroatoms. The van der Waals surface area contributed by atoms with Gasteiger partial charge in [-0.3, -0.25) is 18.7 Å². The average Bonchev–Trinajstić information content (AvgIpc) is 4.03. The summed E-state index contributed by atoms with van der Waals surface area (Å²) in [5, 5.41) is 31.9. The summed E-state index contributed by atoms with van der Waals surface area (Å²) in [4.78, 5) is 39.7. The van der Waals surface area contributed by atoms with Crippen molar-refractivity contribution >= 4 is 60.2 Å². The first-order valence-corrected chi connectivity index (χ1v) is 29.7. The largest absolute Gasteiger partial charge is 0.455 e. The highest BCUT2D eigenvalue weighted by molar-refractivity contribution is 7.89. The summed E-state index contributed by atoms with van der Waals surface area (Å²) in [6.07, 6.45) is 7.98. The number of likely N-dealkylation sites (N-methyl/N-ethyl adjacent to an activating group) is 1. The first-order valence-electron chi connectivity index (χ1n) is 26.7. The third-order valence-electron chi connectivity index (χ3n) is 15.6. The van der Waals surface area contributed by atoms with Crippen molar-refractivity contribution < 1.29 is 50.7 Å². The molecule has 0 unspecified atom stereocenters. The van der Waals surface area contributed by atoms with Gasteiger partial charge in [0.15, 0.2) is 29.3 Å². The van der Waals surface area contributed by atoms with Crippen LogP contribution in [0, 0.1) is 0 Å². The number of ether oxygens (including phenoxy) is 2. The summed E-state index contributed by atoms with van der Waals surface area (Å²) in [7, 11) is -9.18. The number of hydrogen-bond acceptors (Lipinski definition) is 15. The minimum absolute atomic E-state index is 0.0573. The first kappa shape index (κ1) is 52.0. The number of aromatic nitrogens is 4. The topological polar surface area (TPSA) is 280 Å². The molecule has 1 fully saturated rings. The Hall–Kier alpha value is -6.08. The molecule has 3 aromatic carbocycles. The number of imidazole rings is 1. The fourth-order valence-corrected chi connectivity index (χ4v) is 14.0. The molecular weight excluding hydrogens is 1020 g/mol. The molecule has 6 aliphatic heterocycles. The Morgan fingerprint density at radius 1 is 0.803 bits per heavy atom. The maximum absolute atomic E-state index is 13.8. The molecule has 2 aromatic heterocycles. The number of hydrogen-bond donors (Lipinski definition) is 7. The highest BCUT2D eigenvalue weighted by Crippen LogP contribution is 2.49. The van der Waals surface area contributed by atoms with E-state index < -0.39 is 55.5 Å². The molecule has 1 saturated heterocycles. The number of nitrogens with zero attached hydrogens (tertiary/aromatic N) is 6. The molecule has 4 atom stereocenters. The van der Waals surface area contributed by atoms with Crippen LogP contribution in [0.15, 0.2) is 52.8 Å². The molecule has 0 aliphatic carbocycles. The number of carbonyl (C=O) groups is 2. The third kappa shape index (κ3) is 9.83. The van der Waals surface area contributed by atoms with Crippen LogP contribution in [0.1, 0.15) is 111 Å². The van der Waals surface area contributed by atoms with E-state index in [0.29, 0.717) is 85.8 Å². The Morgan fingerprint density at radius 2 is 1.57 bits per heavy atom. The van der Waals surface area contributed by atoms with Gasteiger partial charge in [0.05, 0.1) is 16.8 Å². The molecule has 76 heavy (non-hydrogen) atoms. The lowest BCUT2D eigenvalue weighted by atomic mass is 9.82. The number of amides is 2. The Balaban J connectivity index is 0.702. The minimum atomic E-state index is -4.96. The first-order chi connectivity index (χ1) is 36.7. The van der Waals surface area contributed by atoms with Gasteiger partial charge in [-0.15, -0.1) is 0 Å². The summed E-state index contributed by atoms with van der Waals surface area (Å²) in [6.45, 7) is 6.96. The van der Waals surface area contributed by atoms with E-state index in [-0.39, 0.29) is 29.3 Å². The van der Waals surface area contributed by atoms with E-state index in [9.17, 15) is 41.2 Å². The summed E-state index contributed by atoms with van der Waals surface area (Å²) in [5.74, 6) is 1.22. The second-order valence-corrected chi connectivity index (χ2v) is 23.7. The summed E-state index contributed by atoms with van der Waals surface area (Å²) in [6, 6.07) is 8.25. The van der Waals surface area contributed by atoms with E-state index >= 15 is 0 Å². The normalized spacial score (nSPS) is 20.6. The van der Waals surface area contributed by atoms with E-state index in [0.717, 1.165) is 106 Å². The number of sulfonamides is 1. The number of aliphatic hydroxyl groups is 2. The molecule has 0 radical (unpaired) electrons. The third-order valence-corrected chi connectivity index (χ3v) is 17.9. The lowest BCUT2D eigenvalue weighted by molar-refractivity contribution is -0.137. The molecule has 7 N–H and O–H groups in total. The maximum Gasteiger partial charge on any atom is 0.295 e. The number of anilines is 2. The number of unbranched alkanes of at least 4 members (excludes halogenated alkanes) is 3. The lowest BCUT2D eigenvalue weighted by Crippen LogP contribution is -2.45. The van der Waals surface area contributed by atoms with E-state index in [4.69, 9.17) is 9.47 Å². The van der Waals surface area contributed by atoms with Crippen molar-refractivity contribution in [1.29, 1.82) is 0 Å². The molecule has 0 saturated carbocycles. The van der Waals surface area contributed by atoms with Crippen LogP contribution in [0.5, 0.6) is 11.5 Å². The van der Waals surface area contributed by atoms with Crippen LogP contribution < -0.4 is 45.5 Å². The predicted molar refractivity (Wildman–Crippen MR) is 281 cm³/mol. The Kier molecular flexibility index (Phi) is 14.6. The van der Waals surface area contributed by atoms with Crippen molar-refractivity contribution in [2.45, 2.75) is 131 Å². The second-order valence-electron chi connectivity index (χ2n) is 20.5. The van der Waals surface area contributed by atoms with Crippen molar-refractivity contribution in [3.05, 3.63) is 86.9 Å². The molecule has 0 bridgehead atoms. The average molecular weight is 1080 g/mol. The fourth-order valence-electron chi connectivity index (χ4n) is 12.1. The zero-order valence-electron chi connectivity index (χ0n) is 42.5. The number of fused-ring (bicyclic) bond motifs is 5. The van der Waals surface area contributed by atoms with Gasteiger partial charge in [0.2, 0.25) is 21.3 Å². The van der Waals surface area contributed by atoms with Crippen molar-refractivity contribution in [3.8, 4) is 11.5 Å². The van der Waals surface area contributed by atoms with Crippen molar-refractivity contribution in [1.82, 2.24) is 39.5 Å². The highest BCUT2D eigenvalue weighted by Gasteiger charge is 2.48. The van der Waals surface area contributed by atoms with Crippen LogP contribution in [0.4, 0.5) is 11.5 Å². The Morgan fingerprint density at radius 3 is 2.38 bits per heavy atom. The van der Waals surface area contributed by atoms with Crippen molar-refractivity contribution in [3.63, 3.8) is 0 Å². The summed E-state index contributed by atoms with van der Waals surface area (Å²) < 4.78 is 84.9. The van der Waals surface area contributed by atoms with Crippen molar-refractivity contribution in [2.24, 2.45) is 0 Å². The monoisotopic (exact) mass is 1080 g/mol. The number of aryl methyl sites for hydroxylation is 2. The summed E-state index contributed by atoms with van der Waals surface area (Å²) in [5.41, 5.74) is 8.16. The molecule has 6 aliphatic rings. The highest BCUT2D eigenvalue weighted by atomic mass is 32.2. The molecule has 2 amide bonds. The Bertz CT molecular complexity index is 3490. The second kappa shape index (κ2) is 21.4. The van der Waals surface area contributed by atoms with E-state index in [1.807, 2.05) is 0 Å². The number of aliphatic hydroxyl groups excluding tert-OH is 2. The SMILES string of the molecule is CCNC(=O)[C@H]1O[C@@H](n2cnc3c(NCCCCNC(=O)CCCCCNS(=O)(=O)c4ccc(C5=c6cc7c8c(c6Oc6c5cc5c9c6CCCN9CCC5)CCC[N+]=8CCC7)c(S(=O)(=O)O)c4)ncnc32)[C@H](O)[C@@H]1O. The number of rotatable bonds is 19. The van der Waals surface area contributed by atoms with Crippen molar-refractivity contribution in [2.75, 3.05) is 62.6 Å². The van der Waals surface area contributed by atoms with E-state index in [1.54, 1.807) is 6.92 Å². The van der Waals surface area contributed by atoms with Crippen LogP contribution in [-0.2, 0) is 60.2 Å². The molecule has 0 spiro atoms. The van der Waals surface area contributed by atoms with Crippen LogP contribution in [0.2, 0.25) is 0 Å². The molecular formula is C53H65N10O11S2+. The number of benzene rings is 3. The molecule has 5 aromatic rings. The smallest absolute Gasteiger partial charge is 0.295 e. The van der Waals surface area contributed by atoms with Crippen LogP contribution in [0.3, 0.4) is 0 Å². The van der Waals surface area contributed by atoms with Crippen LogP contribution >= 0.6 is 0 Å². The predicted octanol–water partition coefficient (Wildman–Crippen LogP) is 2.11. The molecule has 11 rings (SSSR count). The summed E-state index contributed by atoms with van der Waals surface area (Å²) >= 11 is 0. The van der Waals surface area contributed by atoms with E-state index in [1.165, 1.54) is 51.5 Å². The van der Waals surface area contributed by atoms with Gasteiger partial charge in [0, 0.05) is 97.3 Å². The van der Waals surface area contributed by atoms with Crippen LogP contribution in [0.25, 0.3) is 16.7 Å². The quantitative estimate of drug-likeness (QED) is 0.0348. The molecule has 8 heterocycles. The van der Waals surface area contributed by atoms with Gasteiger partial charge in [0.25, 0.3) is 16.0 Å². The van der Waals surface area contributed by atoms with Gasteiger partial charge in [0.1, 0.15) is 48.0 Å². The lowest BCUT2D eigenvalue weighted by Gasteiger charge is -2.39. The van der Waals surface area contributed by atoms with Gasteiger partial charge in [-0.25, -0.2) is 32.7 Å². The minimum Gasteiger partial charge on any atom is -0.455 e. The maximum atomic E-state index is 13.8. The van der Waals surface area contributed by atoms with Gasteiger partial charge >= 0.3 is 0 Å². The standard InChI is InChI=1S/C53H64N10O11S2/c1-2-54-52(67)49-45(65)46(66)53(74-49)63-30-59-42-50(57-29-58-51(42)63)56-20-7-6-19-55-40(64)16-4-3-5-21-60-75(68,69)33-17-18-34(39(28-33)76(70,71)72)41-37-26-31-12-8-22-61-24-10-14-35(43(31)61)47(37)73-48-36-15-11-25-62-23-9-13-32(44(36)62)27-38(41)48/h17-18,26-30,45-46,49,53,60,65-66H,2-16,19-25H2,1H3,(H3-,54,55,56,57,58,64,67,70,71,72)/p+1/t45-,46+,49-,53+/m0/s1. The van der Waals surface area contributed by atoms with Gasteiger partial charge in [-0.2, -0.15) is 8.42 Å².